The highest BCUT2D eigenvalue weighted by molar-refractivity contribution is 6.31. The lowest BCUT2D eigenvalue weighted by Crippen LogP contribution is -2.49. The maximum atomic E-state index is 13.8. The molecule has 0 saturated carbocycles. The molecule has 0 fully saturated rings. The van der Waals surface area contributed by atoms with Crippen molar-refractivity contribution in [2.24, 2.45) is 0 Å². The van der Waals surface area contributed by atoms with Crippen LogP contribution in [0.25, 0.3) is 0 Å². The van der Waals surface area contributed by atoms with Crippen LogP contribution in [0.4, 0.5) is 10.1 Å². The first kappa shape index (κ1) is 22.2. The lowest BCUT2D eigenvalue weighted by Gasteiger charge is -2.45. The van der Waals surface area contributed by atoms with Gasteiger partial charge in [-0.15, -0.1) is 0 Å². The molecule has 5 rings (SSSR count). The summed E-state index contributed by atoms with van der Waals surface area (Å²) in [6.07, 6.45) is 0.697. The normalized spacial score (nSPS) is 18.5. The number of rotatable bonds is 4. The molecule has 174 valence electrons. The number of ether oxygens (including phenoxy) is 2. The smallest absolute Gasteiger partial charge is 0.254 e. The molecule has 0 aromatic heterocycles. The Hall–Kier alpha value is -3.58. The number of amides is 2. The van der Waals surface area contributed by atoms with E-state index in [4.69, 9.17) is 21.1 Å². The van der Waals surface area contributed by atoms with Crippen LogP contribution in [-0.4, -0.2) is 37.5 Å². The van der Waals surface area contributed by atoms with E-state index in [1.54, 1.807) is 17.0 Å². The van der Waals surface area contributed by atoms with Gasteiger partial charge in [-0.1, -0.05) is 35.9 Å². The Labute approximate surface area is 201 Å². The van der Waals surface area contributed by atoms with Gasteiger partial charge in [0.05, 0.1) is 31.2 Å². The molecule has 3 aromatic rings. The van der Waals surface area contributed by atoms with E-state index >= 15 is 0 Å². The number of benzene rings is 3. The molecule has 3 aromatic carbocycles. The van der Waals surface area contributed by atoms with Gasteiger partial charge in [0.1, 0.15) is 5.82 Å². The third-order valence-electron chi connectivity index (χ3n) is 6.50. The second-order valence-corrected chi connectivity index (χ2v) is 8.69. The molecule has 34 heavy (non-hydrogen) atoms. The molecule has 2 heterocycles. The number of hydrogen-bond acceptors (Lipinski definition) is 4. The number of carbonyl (C=O) groups excluding carboxylic acids is 2. The van der Waals surface area contributed by atoms with E-state index < -0.39 is 17.8 Å². The molecule has 2 atom stereocenters. The van der Waals surface area contributed by atoms with E-state index in [9.17, 15) is 14.0 Å². The largest absolute Gasteiger partial charge is 0.493 e. The van der Waals surface area contributed by atoms with Crippen molar-refractivity contribution in [2.45, 2.75) is 18.4 Å². The van der Waals surface area contributed by atoms with Crippen molar-refractivity contribution in [3.05, 3.63) is 87.7 Å². The van der Waals surface area contributed by atoms with Crippen molar-refractivity contribution in [1.29, 1.82) is 0 Å². The van der Waals surface area contributed by atoms with Gasteiger partial charge in [0.15, 0.2) is 11.5 Å². The fourth-order valence-corrected chi connectivity index (χ4v) is 5.11. The van der Waals surface area contributed by atoms with Gasteiger partial charge in [0.25, 0.3) is 5.91 Å². The number of anilines is 1. The summed E-state index contributed by atoms with van der Waals surface area (Å²) < 4.78 is 24.5. The number of nitrogens with zero attached hydrogens (tertiary/aromatic N) is 1. The summed E-state index contributed by atoms with van der Waals surface area (Å²) in [4.78, 5) is 29.1. The van der Waals surface area contributed by atoms with Crippen LogP contribution in [-0.2, 0) is 11.2 Å². The Balaban J connectivity index is 1.67. The van der Waals surface area contributed by atoms with Crippen LogP contribution >= 0.6 is 11.6 Å². The highest BCUT2D eigenvalue weighted by Crippen LogP contribution is 2.48. The third-order valence-corrected chi connectivity index (χ3v) is 6.79. The van der Waals surface area contributed by atoms with E-state index in [0.717, 1.165) is 11.1 Å². The maximum Gasteiger partial charge on any atom is 0.254 e. The Kier molecular flexibility index (Phi) is 5.65. The minimum atomic E-state index is -0.738. The summed E-state index contributed by atoms with van der Waals surface area (Å²) in [5.74, 6) is -0.973. The predicted molar refractivity (Wildman–Crippen MR) is 126 cm³/mol. The first-order valence-corrected chi connectivity index (χ1v) is 11.2. The Morgan fingerprint density at radius 1 is 1.06 bits per heavy atom. The van der Waals surface area contributed by atoms with Crippen LogP contribution < -0.4 is 14.8 Å². The SMILES string of the molecule is COc1cc2c(cc1OC)[C@@H](C(=O)Nc1ccc(F)c(Cl)c1)[C@@H]1c3ccccc3CCN1C2=O. The van der Waals surface area contributed by atoms with Crippen molar-refractivity contribution in [2.75, 3.05) is 26.1 Å². The van der Waals surface area contributed by atoms with Gasteiger partial charge >= 0.3 is 0 Å². The molecule has 0 saturated heterocycles. The number of nitrogens with one attached hydrogen (secondary N) is 1. The van der Waals surface area contributed by atoms with E-state index in [1.807, 2.05) is 24.3 Å². The number of hydrogen-bond donors (Lipinski definition) is 1. The van der Waals surface area contributed by atoms with Gasteiger partial charge in [-0.05, 0) is 53.4 Å². The maximum absolute atomic E-state index is 13.8. The van der Waals surface area contributed by atoms with Crippen molar-refractivity contribution in [3.8, 4) is 11.5 Å². The zero-order chi connectivity index (χ0) is 24.0. The summed E-state index contributed by atoms with van der Waals surface area (Å²) in [7, 11) is 3.01. The summed E-state index contributed by atoms with van der Waals surface area (Å²) in [6.45, 7) is 0.487. The van der Waals surface area contributed by atoms with E-state index in [1.165, 1.54) is 32.4 Å². The fourth-order valence-electron chi connectivity index (χ4n) is 4.93. The average Bonchev–Trinajstić information content (AvgIpc) is 2.85. The van der Waals surface area contributed by atoms with Gasteiger partial charge in [-0.3, -0.25) is 9.59 Å². The third kappa shape index (κ3) is 3.56. The lowest BCUT2D eigenvalue weighted by atomic mass is 9.75. The summed E-state index contributed by atoms with van der Waals surface area (Å²) >= 11 is 5.92. The van der Waals surface area contributed by atoms with Crippen LogP contribution in [0.5, 0.6) is 11.5 Å². The molecule has 0 bridgehead atoms. The van der Waals surface area contributed by atoms with E-state index in [0.29, 0.717) is 41.3 Å². The molecule has 2 aliphatic heterocycles. The summed E-state index contributed by atoms with van der Waals surface area (Å²) in [5.41, 5.74) is 3.34. The molecule has 2 amide bonds. The number of fused-ring (bicyclic) bond motifs is 4. The molecule has 6 nitrogen and oxygen atoms in total. The van der Waals surface area contributed by atoms with Crippen molar-refractivity contribution < 1.29 is 23.5 Å². The van der Waals surface area contributed by atoms with Crippen molar-refractivity contribution in [1.82, 2.24) is 4.90 Å². The second-order valence-electron chi connectivity index (χ2n) is 8.28. The fraction of sp³-hybridized carbons (Fsp3) is 0.231. The zero-order valence-electron chi connectivity index (χ0n) is 18.6. The molecular formula is C26H22ClFN2O4. The summed E-state index contributed by atoms with van der Waals surface area (Å²) in [5, 5.41) is 2.78. The van der Waals surface area contributed by atoms with Crippen LogP contribution in [0.1, 0.15) is 39.0 Å². The van der Waals surface area contributed by atoms with Crippen LogP contribution in [0.15, 0.2) is 54.6 Å². The van der Waals surface area contributed by atoms with Gasteiger partial charge in [-0.25, -0.2) is 4.39 Å². The van der Waals surface area contributed by atoms with Gasteiger partial charge in [0, 0.05) is 17.8 Å². The highest BCUT2D eigenvalue weighted by atomic mass is 35.5. The molecule has 0 radical (unpaired) electrons. The van der Waals surface area contributed by atoms with Crippen LogP contribution in [0.3, 0.4) is 0 Å². The number of carbonyl (C=O) groups is 2. The number of methoxy groups -OCH3 is 2. The first-order valence-electron chi connectivity index (χ1n) is 10.8. The van der Waals surface area contributed by atoms with E-state index in [-0.39, 0.29) is 16.8 Å². The molecule has 0 spiro atoms. The standard InChI is InChI=1S/C26H22ClFN2O4/c1-33-21-12-17-18(13-22(21)34-2)26(32)30-10-9-14-5-3-4-6-16(14)24(30)23(17)25(31)29-15-7-8-20(28)19(27)11-15/h3-8,11-13,23-24H,9-10H2,1-2H3,(H,29,31)/t23-,24+/m1/s1. The monoisotopic (exact) mass is 480 g/mol. The van der Waals surface area contributed by atoms with Crippen LogP contribution in [0, 0.1) is 5.82 Å². The number of halogens is 2. The van der Waals surface area contributed by atoms with Gasteiger partial charge in [0.2, 0.25) is 5.91 Å². The topological polar surface area (TPSA) is 67.9 Å². The minimum Gasteiger partial charge on any atom is -0.493 e. The second kappa shape index (κ2) is 8.65. The van der Waals surface area contributed by atoms with Gasteiger partial charge in [-0.2, -0.15) is 0 Å². The average molecular weight is 481 g/mol. The van der Waals surface area contributed by atoms with Crippen molar-refractivity contribution in [3.63, 3.8) is 0 Å². The van der Waals surface area contributed by atoms with E-state index in [2.05, 4.69) is 5.32 Å². The molecular weight excluding hydrogens is 459 g/mol. The first-order chi connectivity index (χ1) is 16.4. The zero-order valence-corrected chi connectivity index (χ0v) is 19.4. The highest BCUT2D eigenvalue weighted by Gasteiger charge is 2.47. The van der Waals surface area contributed by atoms with Crippen molar-refractivity contribution >= 4 is 29.1 Å². The molecule has 8 heteroatoms. The quantitative estimate of drug-likeness (QED) is 0.572. The Bertz CT molecular complexity index is 1310. The lowest BCUT2D eigenvalue weighted by molar-refractivity contribution is -0.119. The predicted octanol–water partition coefficient (Wildman–Crippen LogP) is 4.97. The minimum absolute atomic E-state index is 0.0898. The molecule has 2 aliphatic rings. The van der Waals surface area contributed by atoms with Crippen LogP contribution in [0.2, 0.25) is 5.02 Å². The summed E-state index contributed by atoms with van der Waals surface area (Å²) in [6, 6.07) is 14.7. The Morgan fingerprint density at radius 2 is 1.79 bits per heavy atom. The molecule has 0 unspecified atom stereocenters. The Morgan fingerprint density at radius 3 is 2.53 bits per heavy atom. The molecule has 1 N–H and O–H groups in total. The molecule has 0 aliphatic carbocycles. The van der Waals surface area contributed by atoms with Gasteiger partial charge < -0.3 is 19.7 Å².